The molecule has 0 radical (unpaired) electrons. The van der Waals surface area contributed by atoms with Gasteiger partial charge in [-0.05, 0) is 50.5 Å². The summed E-state index contributed by atoms with van der Waals surface area (Å²) >= 11 is 6.06. The molecule has 1 amide bonds. The summed E-state index contributed by atoms with van der Waals surface area (Å²) < 4.78 is 7.43. The van der Waals surface area contributed by atoms with Gasteiger partial charge in [-0.15, -0.1) is 0 Å². The number of carbonyl (C=O) groups is 1. The fourth-order valence-electron chi connectivity index (χ4n) is 3.93. The molecule has 7 heteroatoms. The molecule has 0 aliphatic carbocycles. The van der Waals surface area contributed by atoms with E-state index in [0.29, 0.717) is 30.3 Å². The van der Waals surface area contributed by atoms with Crippen LogP contribution in [0.2, 0.25) is 5.02 Å². The van der Waals surface area contributed by atoms with Gasteiger partial charge in [0.25, 0.3) is 5.91 Å². The minimum atomic E-state index is -0.154. The lowest BCUT2D eigenvalue weighted by molar-refractivity contribution is 0.0487. The molecule has 1 aromatic carbocycles. The smallest absolute Gasteiger partial charge is 0.252 e. The van der Waals surface area contributed by atoms with Crippen LogP contribution in [0.3, 0.4) is 0 Å². The zero-order valence-corrected chi connectivity index (χ0v) is 17.4. The van der Waals surface area contributed by atoms with Gasteiger partial charge in [-0.2, -0.15) is 5.10 Å². The molecule has 1 N–H and O–H groups in total. The van der Waals surface area contributed by atoms with E-state index in [9.17, 15) is 4.79 Å². The normalized spacial score (nSPS) is 16.3. The van der Waals surface area contributed by atoms with E-state index in [1.54, 1.807) is 12.4 Å². The molecule has 0 atom stereocenters. The summed E-state index contributed by atoms with van der Waals surface area (Å²) in [5, 5.41) is 9.07. The molecule has 3 heterocycles. The highest BCUT2D eigenvalue weighted by atomic mass is 35.5. The van der Waals surface area contributed by atoms with E-state index in [1.165, 1.54) is 5.56 Å². The molecule has 0 saturated carbocycles. The maximum atomic E-state index is 12.9. The van der Waals surface area contributed by atoms with Crippen molar-refractivity contribution in [3.63, 3.8) is 0 Å². The van der Waals surface area contributed by atoms with Crippen LogP contribution in [0, 0.1) is 0 Å². The van der Waals surface area contributed by atoms with Gasteiger partial charge in [0.2, 0.25) is 0 Å². The highest BCUT2D eigenvalue weighted by molar-refractivity contribution is 6.30. The molecule has 1 aliphatic heterocycles. The van der Waals surface area contributed by atoms with Gasteiger partial charge >= 0.3 is 0 Å². The molecule has 3 aromatic rings. The number of nitrogens with zero attached hydrogens (tertiary/aromatic N) is 3. The predicted molar refractivity (Wildman–Crippen MR) is 113 cm³/mol. The standard InChI is InChI=1S/C22H25ClN4O2/c1-15(2)27-20-16(13-26-27)11-17(12-24-20)21(28)25-14-22(7-9-29-10-8-22)18-3-5-19(23)6-4-18/h3-6,11-13,15H,7-10,14H2,1-2H3,(H,25,28). The lowest BCUT2D eigenvalue weighted by Crippen LogP contribution is -2.44. The lowest BCUT2D eigenvalue weighted by Gasteiger charge is -2.38. The van der Waals surface area contributed by atoms with Crippen molar-refractivity contribution in [1.82, 2.24) is 20.1 Å². The third kappa shape index (κ3) is 4.00. The number of halogens is 1. The first kappa shape index (κ1) is 19.9. The Hall–Kier alpha value is -2.44. The van der Waals surface area contributed by atoms with Crippen LogP contribution in [-0.2, 0) is 10.2 Å². The number of fused-ring (bicyclic) bond motifs is 1. The number of benzene rings is 1. The zero-order chi connectivity index (χ0) is 20.4. The molecule has 6 nitrogen and oxygen atoms in total. The molecule has 4 rings (SSSR count). The Bertz CT molecular complexity index is 1010. The molecule has 29 heavy (non-hydrogen) atoms. The number of hydrogen-bond donors (Lipinski definition) is 1. The summed E-state index contributed by atoms with van der Waals surface area (Å²) in [5.41, 5.74) is 2.36. The van der Waals surface area contributed by atoms with Crippen molar-refractivity contribution in [2.45, 2.75) is 38.1 Å². The summed E-state index contributed by atoms with van der Waals surface area (Å²) in [6.07, 6.45) is 5.09. The maximum Gasteiger partial charge on any atom is 0.252 e. The van der Waals surface area contributed by atoms with Crippen LogP contribution in [0.25, 0.3) is 11.0 Å². The largest absolute Gasteiger partial charge is 0.381 e. The van der Waals surface area contributed by atoms with Crippen LogP contribution < -0.4 is 5.32 Å². The van der Waals surface area contributed by atoms with Crippen LogP contribution in [0.15, 0.2) is 42.7 Å². The minimum absolute atomic E-state index is 0.128. The molecular weight excluding hydrogens is 388 g/mol. The quantitative estimate of drug-likeness (QED) is 0.683. The highest BCUT2D eigenvalue weighted by Gasteiger charge is 2.35. The van der Waals surface area contributed by atoms with Gasteiger partial charge in [0, 0.05) is 47.8 Å². The number of carbonyl (C=O) groups excluding carboxylic acids is 1. The Balaban J connectivity index is 1.53. The summed E-state index contributed by atoms with van der Waals surface area (Å²) in [4.78, 5) is 17.3. The summed E-state index contributed by atoms with van der Waals surface area (Å²) in [5.74, 6) is -0.128. The SMILES string of the molecule is CC(C)n1ncc2cc(C(=O)NCC3(c4ccc(Cl)cc4)CCOCC3)cnc21. The number of amides is 1. The van der Waals surface area contributed by atoms with E-state index >= 15 is 0 Å². The minimum Gasteiger partial charge on any atom is -0.381 e. The predicted octanol–water partition coefficient (Wildman–Crippen LogP) is 4.14. The van der Waals surface area contributed by atoms with Crippen molar-refractivity contribution in [2.24, 2.45) is 0 Å². The third-order valence-corrected chi connectivity index (χ3v) is 5.93. The van der Waals surface area contributed by atoms with E-state index in [0.717, 1.165) is 23.9 Å². The Morgan fingerprint density at radius 3 is 2.66 bits per heavy atom. The number of pyridine rings is 1. The van der Waals surface area contributed by atoms with E-state index < -0.39 is 0 Å². The number of ether oxygens (including phenoxy) is 1. The monoisotopic (exact) mass is 412 g/mol. The van der Waals surface area contributed by atoms with Gasteiger partial charge in [-0.25, -0.2) is 9.67 Å². The van der Waals surface area contributed by atoms with E-state index in [1.807, 2.05) is 35.0 Å². The molecule has 152 valence electrons. The Kier molecular flexibility index (Phi) is 5.56. The van der Waals surface area contributed by atoms with Crippen molar-refractivity contribution in [3.05, 3.63) is 58.9 Å². The van der Waals surface area contributed by atoms with Crippen molar-refractivity contribution in [3.8, 4) is 0 Å². The van der Waals surface area contributed by atoms with E-state index in [4.69, 9.17) is 16.3 Å². The average Bonchev–Trinajstić information content (AvgIpc) is 3.17. The second-order valence-corrected chi connectivity index (χ2v) is 8.34. The number of rotatable bonds is 5. The van der Waals surface area contributed by atoms with Crippen LogP contribution in [0.1, 0.15) is 48.7 Å². The average molecular weight is 413 g/mol. The molecule has 0 bridgehead atoms. The first-order chi connectivity index (χ1) is 14.0. The van der Waals surface area contributed by atoms with Crippen LogP contribution in [0.4, 0.5) is 0 Å². The molecule has 0 spiro atoms. The van der Waals surface area contributed by atoms with Gasteiger partial charge in [-0.3, -0.25) is 4.79 Å². The Morgan fingerprint density at radius 1 is 1.24 bits per heavy atom. The van der Waals surface area contributed by atoms with Crippen LogP contribution in [0.5, 0.6) is 0 Å². The number of hydrogen-bond acceptors (Lipinski definition) is 4. The lowest BCUT2D eigenvalue weighted by atomic mass is 9.74. The van der Waals surface area contributed by atoms with Crippen LogP contribution in [-0.4, -0.2) is 40.4 Å². The van der Waals surface area contributed by atoms with Gasteiger partial charge in [0.15, 0.2) is 5.65 Å². The third-order valence-electron chi connectivity index (χ3n) is 5.68. The summed E-state index contributed by atoms with van der Waals surface area (Å²) in [6.45, 7) is 6.01. The topological polar surface area (TPSA) is 69.0 Å². The van der Waals surface area contributed by atoms with Gasteiger partial charge in [0.1, 0.15) is 0 Å². The second-order valence-electron chi connectivity index (χ2n) is 7.90. The molecule has 0 unspecified atom stereocenters. The number of aromatic nitrogens is 3. The maximum absolute atomic E-state index is 12.9. The van der Waals surface area contributed by atoms with Crippen molar-refractivity contribution in [2.75, 3.05) is 19.8 Å². The van der Waals surface area contributed by atoms with E-state index in [2.05, 4.69) is 29.2 Å². The summed E-state index contributed by atoms with van der Waals surface area (Å²) in [7, 11) is 0. The van der Waals surface area contributed by atoms with Gasteiger partial charge < -0.3 is 10.1 Å². The fourth-order valence-corrected chi connectivity index (χ4v) is 4.05. The molecule has 1 fully saturated rings. The molecule has 1 aliphatic rings. The molecule has 1 saturated heterocycles. The number of nitrogens with one attached hydrogen (secondary N) is 1. The van der Waals surface area contributed by atoms with Crippen molar-refractivity contribution < 1.29 is 9.53 Å². The van der Waals surface area contributed by atoms with Gasteiger partial charge in [0.05, 0.1) is 11.8 Å². The Morgan fingerprint density at radius 2 is 1.97 bits per heavy atom. The molecular formula is C22H25ClN4O2. The molecule has 2 aromatic heterocycles. The Labute approximate surface area is 175 Å². The fraction of sp³-hybridized carbons (Fsp3) is 0.409. The second kappa shape index (κ2) is 8.13. The van der Waals surface area contributed by atoms with Gasteiger partial charge in [-0.1, -0.05) is 23.7 Å². The van der Waals surface area contributed by atoms with Crippen molar-refractivity contribution in [1.29, 1.82) is 0 Å². The zero-order valence-electron chi connectivity index (χ0n) is 16.7. The summed E-state index contributed by atoms with van der Waals surface area (Å²) in [6, 6.07) is 9.97. The highest BCUT2D eigenvalue weighted by Crippen LogP contribution is 2.35. The van der Waals surface area contributed by atoms with E-state index in [-0.39, 0.29) is 17.4 Å². The van der Waals surface area contributed by atoms with Crippen molar-refractivity contribution >= 4 is 28.5 Å². The first-order valence-electron chi connectivity index (χ1n) is 9.94. The van der Waals surface area contributed by atoms with Crippen LogP contribution >= 0.6 is 11.6 Å². The first-order valence-corrected chi connectivity index (χ1v) is 10.3.